The lowest BCUT2D eigenvalue weighted by atomic mass is 10.0. The predicted octanol–water partition coefficient (Wildman–Crippen LogP) is 4.04. The Hall–Kier alpha value is -2.63. The first-order valence-electron chi connectivity index (χ1n) is 10.2. The van der Waals surface area contributed by atoms with Crippen LogP contribution in [0.4, 0.5) is 0 Å². The largest absolute Gasteiger partial charge is 0.497 e. The molecule has 2 aromatic carbocycles. The number of imidazole rings is 1. The van der Waals surface area contributed by atoms with Crippen LogP contribution in [0.1, 0.15) is 23.4 Å². The summed E-state index contributed by atoms with van der Waals surface area (Å²) in [4.78, 5) is 7.12. The van der Waals surface area contributed by atoms with E-state index in [0.717, 1.165) is 44.2 Å². The van der Waals surface area contributed by atoms with Gasteiger partial charge in [0.2, 0.25) is 0 Å². The highest BCUT2D eigenvalue weighted by atomic mass is 16.5. The van der Waals surface area contributed by atoms with E-state index in [1.165, 1.54) is 22.4 Å². The van der Waals surface area contributed by atoms with E-state index < -0.39 is 0 Å². The summed E-state index contributed by atoms with van der Waals surface area (Å²) in [6.07, 6.45) is 3.04. The first kappa shape index (κ1) is 18.4. The second-order valence-electron chi connectivity index (χ2n) is 8.29. The molecule has 5 rings (SSSR count). The van der Waals surface area contributed by atoms with Crippen molar-refractivity contribution in [3.05, 3.63) is 71.7 Å². The third-order valence-electron chi connectivity index (χ3n) is 6.20. The Balaban J connectivity index is 1.32. The minimum absolute atomic E-state index is 0.125. The highest BCUT2D eigenvalue weighted by molar-refractivity contribution is 5.60. The van der Waals surface area contributed by atoms with Crippen molar-refractivity contribution < 1.29 is 9.47 Å². The molecule has 3 heterocycles. The summed E-state index contributed by atoms with van der Waals surface area (Å²) < 4.78 is 14.0. The van der Waals surface area contributed by atoms with Crippen molar-refractivity contribution in [2.45, 2.75) is 38.6 Å². The van der Waals surface area contributed by atoms with Crippen molar-refractivity contribution in [2.24, 2.45) is 0 Å². The standard InChI is InChI=1S/C24H27N3O2/c1-18-3-7-20(8-4-18)22-13-25-23-15-29-24(17-27(22)23)11-12-26(16-24)14-19-5-9-21(28-2)10-6-19/h3-10,13H,11-12,14-17H2,1-2H3. The van der Waals surface area contributed by atoms with Crippen LogP contribution in [0.2, 0.25) is 0 Å². The van der Waals surface area contributed by atoms with Crippen molar-refractivity contribution in [2.75, 3.05) is 20.2 Å². The molecule has 150 valence electrons. The van der Waals surface area contributed by atoms with E-state index in [1.54, 1.807) is 7.11 Å². The van der Waals surface area contributed by atoms with E-state index in [0.29, 0.717) is 6.61 Å². The van der Waals surface area contributed by atoms with E-state index in [9.17, 15) is 0 Å². The fourth-order valence-electron chi connectivity index (χ4n) is 4.51. The molecule has 3 aromatic rings. The van der Waals surface area contributed by atoms with E-state index in [-0.39, 0.29) is 5.60 Å². The van der Waals surface area contributed by atoms with Gasteiger partial charge in [-0.3, -0.25) is 4.90 Å². The summed E-state index contributed by atoms with van der Waals surface area (Å²) in [7, 11) is 1.70. The van der Waals surface area contributed by atoms with Crippen molar-refractivity contribution in [1.29, 1.82) is 0 Å². The van der Waals surface area contributed by atoms with E-state index >= 15 is 0 Å². The first-order valence-corrected chi connectivity index (χ1v) is 10.2. The Morgan fingerprint density at radius 3 is 2.62 bits per heavy atom. The number of nitrogens with zero attached hydrogens (tertiary/aromatic N) is 3. The quantitative estimate of drug-likeness (QED) is 0.675. The topological polar surface area (TPSA) is 39.5 Å². The molecule has 0 saturated carbocycles. The summed E-state index contributed by atoms with van der Waals surface area (Å²) in [5, 5.41) is 0. The van der Waals surface area contributed by atoms with Gasteiger partial charge in [-0.1, -0.05) is 42.0 Å². The number of hydrogen-bond acceptors (Lipinski definition) is 4. The van der Waals surface area contributed by atoms with Gasteiger partial charge in [0, 0.05) is 19.6 Å². The molecule has 1 unspecified atom stereocenters. The molecule has 5 nitrogen and oxygen atoms in total. The minimum atomic E-state index is -0.125. The summed E-state index contributed by atoms with van der Waals surface area (Å²) in [6.45, 7) is 6.51. The molecule has 1 spiro atoms. The molecule has 2 aliphatic heterocycles. The zero-order chi connectivity index (χ0) is 19.8. The molecule has 0 aliphatic carbocycles. The molecule has 0 amide bonds. The number of aromatic nitrogens is 2. The lowest BCUT2D eigenvalue weighted by molar-refractivity contribution is -0.0821. The van der Waals surface area contributed by atoms with Gasteiger partial charge in [-0.2, -0.15) is 0 Å². The number of benzene rings is 2. The molecular formula is C24H27N3O2. The Kier molecular flexibility index (Phi) is 4.64. The van der Waals surface area contributed by atoms with E-state index in [4.69, 9.17) is 9.47 Å². The molecule has 5 heteroatoms. The maximum absolute atomic E-state index is 6.38. The molecular weight excluding hydrogens is 362 g/mol. The number of ether oxygens (including phenoxy) is 2. The van der Waals surface area contributed by atoms with Crippen LogP contribution in [-0.4, -0.2) is 40.3 Å². The highest BCUT2D eigenvalue weighted by Gasteiger charge is 2.43. The lowest BCUT2D eigenvalue weighted by Gasteiger charge is -2.35. The van der Waals surface area contributed by atoms with Crippen molar-refractivity contribution in [3.8, 4) is 17.0 Å². The van der Waals surface area contributed by atoms with E-state index in [1.807, 2.05) is 18.3 Å². The van der Waals surface area contributed by atoms with Crippen LogP contribution in [0.15, 0.2) is 54.7 Å². The Morgan fingerprint density at radius 2 is 1.86 bits per heavy atom. The first-order chi connectivity index (χ1) is 14.1. The van der Waals surface area contributed by atoms with Crippen LogP contribution in [0.5, 0.6) is 5.75 Å². The van der Waals surface area contributed by atoms with Gasteiger partial charge in [-0.25, -0.2) is 4.98 Å². The zero-order valence-electron chi connectivity index (χ0n) is 17.1. The number of rotatable bonds is 4. The monoisotopic (exact) mass is 389 g/mol. The van der Waals surface area contributed by atoms with Crippen LogP contribution in [0.25, 0.3) is 11.3 Å². The number of hydrogen-bond donors (Lipinski definition) is 0. The molecule has 1 atom stereocenters. The van der Waals surface area contributed by atoms with Crippen molar-refractivity contribution >= 4 is 0 Å². The second kappa shape index (κ2) is 7.32. The maximum Gasteiger partial charge on any atom is 0.135 e. The van der Waals surface area contributed by atoms with Crippen LogP contribution in [-0.2, 0) is 24.4 Å². The average Bonchev–Trinajstić information content (AvgIpc) is 3.33. The smallest absolute Gasteiger partial charge is 0.135 e. The highest BCUT2D eigenvalue weighted by Crippen LogP contribution is 2.35. The van der Waals surface area contributed by atoms with Gasteiger partial charge in [0.05, 0.1) is 25.5 Å². The summed E-state index contributed by atoms with van der Waals surface area (Å²) in [5.41, 5.74) is 4.87. The molecule has 1 saturated heterocycles. The van der Waals surface area contributed by atoms with Gasteiger partial charge < -0.3 is 14.0 Å². The third kappa shape index (κ3) is 3.56. The number of aryl methyl sites for hydroxylation is 1. The van der Waals surface area contributed by atoms with Gasteiger partial charge in [0.1, 0.15) is 23.8 Å². The van der Waals surface area contributed by atoms with Crippen molar-refractivity contribution in [1.82, 2.24) is 14.5 Å². The molecule has 0 radical (unpaired) electrons. The molecule has 2 aliphatic rings. The van der Waals surface area contributed by atoms with Gasteiger partial charge in [0.25, 0.3) is 0 Å². The molecule has 29 heavy (non-hydrogen) atoms. The minimum Gasteiger partial charge on any atom is -0.497 e. The number of methoxy groups -OCH3 is 1. The van der Waals surface area contributed by atoms with E-state index in [2.05, 4.69) is 57.8 Å². The average molecular weight is 389 g/mol. The van der Waals surface area contributed by atoms with Crippen LogP contribution < -0.4 is 4.74 Å². The Bertz CT molecular complexity index is 994. The maximum atomic E-state index is 6.38. The second-order valence-corrected chi connectivity index (χ2v) is 8.29. The van der Waals surface area contributed by atoms with Crippen LogP contribution >= 0.6 is 0 Å². The fraction of sp³-hybridized carbons (Fsp3) is 0.375. The zero-order valence-corrected chi connectivity index (χ0v) is 17.1. The lowest BCUT2D eigenvalue weighted by Crippen LogP contribution is -2.44. The molecule has 1 fully saturated rings. The Morgan fingerprint density at radius 1 is 1.07 bits per heavy atom. The number of likely N-dealkylation sites (tertiary alicyclic amines) is 1. The summed E-state index contributed by atoms with van der Waals surface area (Å²) >= 11 is 0. The van der Waals surface area contributed by atoms with Gasteiger partial charge in [0.15, 0.2) is 0 Å². The summed E-state index contributed by atoms with van der Waals surface area (Å²) in [6, 6.07) is 17.1. The predicted molar refractivity (Wildman–Crippen MR) is 113 cm³/mol. The summed E-state index contributed by atoms with van der Waals surface area (Å²) in [5.74, 6) is 1.93. The molecule has 0 N–H and O–H groups in total. The molecule has 1 aromatic heterocycles. The van der Waals surface area contributed by atoms with Crippen LogP contribution in [0.3, 0.4) is 0 Å². The Labute approximate surface area is 171 Å². The van der Waals surface area contributed by atoms with Gasteiger partial charge in [-0.05, 0) is 36.6 Å². The fourth-order valence-corrected chi connectivity index (χ4v) is 4.51. The number of fused-ring (bicyclic) bond motifs is 1. The van der Waals surface area contributed by atoms with Gasteiger partial charge >= 0.3 is 0 Å². The van der Waals surface area contributed by atoms with Crippen molar-refractivity contribution in [3.63, 3.8) is 0 Å². The third-order valence-corrected chi connectivity index (χ3v) is 6.20. The normalized spacial score (nSPS) is 21.4. The molecule has 0 bridgehead atoms. The van der Waals surface area contributed by atoms with Gasteiger partial charge in [-0.15, -0.1) is 0 Å². The SMILES string of the molecule is COc1ccc(CN2CCC3(C2)Cn2c(-c4ccc(C)cc4)cnc2CO3)cc1. The van der Waals surface area contributed by atoms with Crippen LogP contribution in [0, 0.1) is 6.92 Å².